The molecule has 33 heavy (non-hydrogen) atoms. The second-order valence-electron chi connectivity index (χ2n) is 7.56. The Morgan fingerprint density at radius 2 is 1.91 bits per heavy atom. The number of hydrogen-bond acceptors (Lipinski definition) is 7. The van der Waals surface area contributed by atoms with Gasteiger partial charge in [0.2, 0.25) is 0 Å². The summed E-state index contributed by atoms with van der Waals surface area (Å²) in [5, 5.41) is 41.7. The van der Waals surface area contributed by atoms with Gasteiger partial charge in [-0.3, -0.25) is 15.1 Å². The van der Waals surface area contributed by atoms with E-state index in [-0.39, 0.29) is 12.3 Å². The maximum atomic E-state index is 10.9. The standard InChI is InChI=1S/C25H26N2O6/c1-2-22(25(30)17-6-9-19(10-7-17)27(31)32)24(29)13-8-18(23-5-3-4-14-26-23)15-20-11-12-21(16-28)33-20/h2-7,9-12,14-15,22,24-25,28-30H,1,8,13,16H2/b18-15-/t22-,24-,25-/m1/s1. The number of aliphatic hydroxyl groups is 3. The molecule has 0 unspecified atom stereocenters. The van der Waals surface area contributed by atoms with Gasteiger partial charge in [0.15, 0.2) is 0 Å². The molecule has 0 saturated heterocycles. The number of hydrogen-bond donors (Lipinski definition) is 3. The molecule has 0 saturated carbocycles. The van der Waals surface area contributed by atoms with Gasteiger partial charge < -0.3 is 19.7 Å². The molecule has 8 heteroatoms. The monoisotopic (exact) mass is 450 g/mol. The molecule has 3 atom stereocenters. The molecule has 2 aromatic heterocycles. The van der Waals surface area contributed by atoms with Crippen LogP contribution >= 0.6 is 0 Å². The third kappa shape index (κ3) is 6.23. The van der Waals surface area contributed by atoms with E-state index in [0.717, 1.165) is 11.3 Å². The number of nitrogens with zero attached hydrogens (tertiary/aromatic N) is 2. The van der Waals surface area contributed by atoms with Crippen LogP contribution in [-0.2, 0) is 6.61 Å². The van der Waals surface area contributed by atoms with Crippen molar-refractivity contribution >= 4 is 17.3 Å². The Labute approximate surface area is 191 Å². The summed E-state index contributed by atoms with van der Waals surface area (Å²) in [7, 11) is 0. The minimum Gasteiger partial charge on any atom is -0.459 e. The molecule has 3 rings (SSSR count). The van der Waals surface area contributed by atoms with Crippen molar-refractivity contribution in [1.82, 2.24) is 4.98 Å². The van der Waals surface area contributed by atoms with E-state index in [0.29, 0.717) is 29.9 Å². The largest absolute Gasteiger partial charge is 0.459 e. The van der Waals surface area contributed by atoms with E-state index in [1.807, 2.05) is 18.2 Å². The number of allylic oxidation sites excluding steroid dienone is 1. The van der Waals surface area contributed by atoms with Gasteiger partial charge in [-0.25, -0.2) is 0 Å². The number of benzene rings is 1. The lowest BCUT2D eigenvalue weighted by Crippen LogP contribution is -2.25. The van der Waals surface area contributed by atoms with Gasteiger partial charge in [0.05, 0.1) is 22.8 Å². The minimum atomic E-state index is -1.07. The van der Waals surface area contributed by atoms with Gasteiger partial charge in [-0.15, -0.1) is 6.58 Å². The first-order valence-corrected chi connectivity index (χ1v) is 10.5. The normalized spacial score (nSPS) is 14.5. The van der Waals surface area contributed by atoms with Crippen molar-refractivity contribution in [3.63, 3.8) is 0 Å². The van der Waals surface area contributed by atoms with E-state index in [1.54, 1.807) is 24.4 Å². The molecular formula is C25H26N2O6. The number of nitro groups is 1. The van der Waals surface area contributed by atoms with Crippen LogP contribution < -0.4 is 0 Å². The van der Waals surface area contributed by atoms with Gasteiger partial charge >= 0.3 is 0 Å². The SMILES string of the molecule is C=C[C@H]([C@H](O)CC/C(=C/c1ccc(CO)o1)c1ccccn1)[C@H](O)c1ccc([N+](=O)[O-])cc1. The van der Waals surface area contributed by atoms with E-state index in [9.17, 15) is 25.4 Å². The van der Waals surface area contributed by atoms with Crippen molar-refractivity contribution < 1.29 is 24.7 Å². The van der Waals surface area contributed by atoms with E-state index >= 15 is 0 Å². The van der Waals surface area contributed by atoms with E-state index in [1.165, 1.54) is 30.3 Å². The lowest BCUT2D eigenvalue weighted by Gasteiger charge is -2.25. The average molecular weight is 450 g/mol. The van der Waals surface area contributed by atoms with E-state index in [2.05, 4.69) is 11.6 Å². The first-order chi connectivity index (χ1) is 15.9. The molecule has 0 bridgehead atoms. The number of aliphatic hydroxyl groups excluding tert-OH is 3. The van der Waals surface area contributed by atoms with Crippen LogP contribution in [0.4, 0.5) is 5.69 Å². The van der Waals surface area contributed by atoms with Gasteiger partial charge in [0.1, 0.15) is 18.1 Å². The quantitative estimate of drug-likeness (QED) is 0.226. The number of non-ortho nitro benzene ring substituents is 1. The van der Waals surface area contributed by atoms with Gasteiger partial charge in [0, 0.05) is 24.2 Å². The first kappa shape index (κ1) is 24.1. The Balaban J connectivity index is 1.75. The summed E-state index contributed by atoms with van der Waals surface area (Å²) in [5.41, 5.74) is 1.92. The highest BCUT2D eigenvalue weighted by atomic mass is 16.6. The molecule has 0 spiro atoms. The van der Waals surface area contributed by atoms with Crippen molar-refractivity contribution in [2.45, 2.75) is 31.7 Å². The number of pyridine rings is 1. The van der Waals surface area contributed by atoms with Crippen LogP contribution in [0.25, 0.3) is 11.6 Å². The Hall–Kier alpha value is -3.59. The number of aromatic nitrogens is 1. The number of rotatable bonds is 11. The number of furan rings is 1. The minimum absolute atomic E-state index is 0.0749. The molecule has 3 N–H and O–H groups in total. The van der Waals surface area contributed by atoms with Crippen LogP contribution in [-0.4, -0.2) is 31.3 Å². The molecule has 0 fully saturated rings. The second kappa shape index (κ2) is 11.3. The van der Waals surface area contributed by atoms with Gasteiger partial charge in [-0.2, -0.15) is 0 Å². The van der Waals surface area contributed by atoms with Crippen molar-refractivity contribution in [2.24, 2.45) is 5.92 Å². The van der Waals surface area contributed by atoms with Crippen LogP contribution in [0.3, 0.4) is 0 Å². The van der Waals surface area contributed by atoms with Crippen molar-refractivity contribution in [3.8, 4) is 0 Å². The molecule has 3 aromatic rings. The average Bonchev–Trinajstić information content (AvgIpc) is 3.30. The molecule has 0 amide bonds. The molecule has 0 aliphatic rings. The topological polar surface area (TPSA) is 130 Å². The summed E-state index contributed by atoms with van der Waals surface area (Å²) in [5.74, 6) is 0.320. The van der Waals surface area contributed by atoms with Crippen LogP contribution in [0.2, 0.25) is 0 Å². The Morgan fingerprint density at radius 3 is 2.48 bits per heavy atom. The van der Waals surface area contributed by atoms with Gasteiger partial charge in [0.25, 0.3) is 5.69 Å². The highest BCUT2D eigenvalue weighted by Crippen LogP contribution is 2.31. The molecule has 2 heterocycles. The molecule has 0 aliphatic carbocycles. The van der Waals surface area contributed by atoms with Crippen molar-refractivity contribution in [3.05, 3.63) is 106 Å². The fourth-order valence-corrected chi connectivity index (χ4v) is 3.56. The van der Waals surface area contributed by atoms with Crippen LogP contribution in [0.1, 0.15) is 41.7 Å². The summed E-state index contributed by atoms with van der Waals surface area (Å²) in [6.45, 7) is 3.54. The fraction of sp³-hybridized carbons (Fsp3) is 0.240. The lowest BCUT2D eigenvalue weighted by atomic mass is 9.87. The molecular weight excluding hydrogens is 424 g/mol. The third-order valence-corrected chi connectivity index (χ3v) is 5.38. The molecule has 0 radical (unpaired) electrons. The smallest absolute Gasteiger partial charge is 0.269 e. The van der Waals surface area contributed by atoms with Gasteiger partial charge in [-0.05, 0) is 66.5 Å². The lowest BCUT2D eigenvalue weighted by molar-refractivity contribution is -0.384. The Kier molecular flexibility index (Phi) is 8.26. The summed E-state index contributed by atoms with van der Waals surface area (Å²) in [6.07, 6.45) is 3.71. The maximum absolute atomic E-state index is 10.9. The maximum Gasteiger partial charge on any atom is 0.269 e. The van der Waals surface area contributed by atoms with Gasteiger partial charge in [-0.1, -0.05) is 12.1 Å². The summed E-state index contributed by atoms with van der Waals surface area (Å²) in [6, 6.07) is 14.5. The van der Waals surface area contributed by atoms with Crippen LogP contribution in [0.5, 0.6) is 0 Å². The van der Waals surface area contributed by atoms with Crippen LogP contribution in [0.15, 0.2) is 77.9 Å². The van der Waals surface area contributed by atoms with E-state index < -0.39 is 23.0 Å². The van der Waals surface area contributed by atoms with E-state index in [4.69, 9.17) is 4.42 Å². The Bertz CT molecular complexity index is 1090. The predicted octanol–water partition coefficient (Wildman–Crippen LogP) is 4.29. The summed E-state index contributed by atoms with van der Waals surface area (Å²) in [4.78, 5) is 14.7. The van der Waals surface area contributed by atoms with Crippen molar-refractivity contribution in [1.29, 1.82) is 0 Å². The molecule has 0 aliphatic heterocycles. The summed E-state index contributed by atoms with van der Waals surface area (Å²) < 4.78 is 5.56. The predicted molar refractivity (Wildman–Crippen MR) is 124 cm³/mol. The first-order valence-electron chi connectivity index (χ1n) is 10.5. The zero-order valence-corrected chi connectivity index (χ0v) is 17.9. The molecule has 1 aromatic carbocycles. The second-order valence-corrected chi connectivity index (χ2v) is 7.56. The third-order valence-electron chi connectivity index (χ3n) is 5.38. The fourth-order valence-electron chi connectivity index (χ4n) is 3.56. The highest BCUT2D eigenvalue weighted by molar-refractivity contribution is 5.78. The highest BCUT2D eigenvalue weighted by Gasteiger charge is 2.26. The molecule has 172 valence electrons. The summed E-state index contributed by atoms with van der Waals surface area (Å²) >= 11 is 0. The molecule has 8 nitrogen and oxygen atoms in total. The van der Waals surface area contributed by atoms with Crippen LogP contribution in [0, 0.1) is 16.0 Å². The van der Waals surface area contributed by atoms with Crippen molar-refractivity contribution in [2.75, 3.05) is 0 Å². The zero-order valence-electron chi connectivity index (χ0n) is 17.9. The Morgan fingerprint density at radius 1 is 1.15 bits per heavy atom. The number of nitro benzene ring substituents is 1. The zero-order chi connectivity index (χ0) is 23.8.